The molecule has 2 heterocycles. The smallest absolute Gasteiger partial charge is 0.143 e. The number of hydrogen-bond donors (Lipinski definition) is 0. The Morgan fingerprint density at radius 1 is 1.29 bits per heavy atom. The number of aromatic nitrogens is 2. The molecule has 2 aromatic rings. The second-order valence-electron chi connectivity index (χ2n) is 2.85. The molecular formula is C9H9ClN2S2. The molecule has 0 radical (unpaired) electrons. The van der Waals surface area contributed by atoms with Gasteiger partial charge in [0.25, 0.3) is 0 Å². The van der Waals surface area contributed by atoms with Crippen molar-refractivity contribution >= 4 is 34.3 Å². The minimum Gasteiger partial charge on any atom is -0.143 e. The van der Waals surface area contributed by atoms with Crippen LogP contribution in [0.3, 0.4) is 0 Å². The van der Waals surface area contributed by atoms with Crippen molar-refractivity contribution in [3.05, 3.63) is 22.0 Å². The molecule has 2 aromatic heterocycles. The van der Waals surface area contributed by atoms with Crippen molar-refractivity contribution in [2.45, 2.75) is 13.3 Å². The molecule has 0 aliphatic rings. The highest BCUT2D eigenvalue weighted by molar-refractivity contribution is 7.21. The van der Waals surface area contributed by atoms with Gasteiger partial charge in [-0.25, -0.2) is 0 Å². The highest BCUT2D eigenvalue weighted by Gasteiger charge is 2.07. The Kier molecular flexibility index (Phi) is 3.15. The molecule has 0 N–H and O–H groups in total. The van der Waals surface area contributed by atoms with Crippen LogP contribution in [-0.2, 0) is 6.42 Å². The zero-order chi connectivity index (χ0) is 9.97. The Morgan fingerprint density at radius 2 is 2.14 bits per heavy atom. The van der Waals surface area contributed by atoms with E-state index in [2.05, 4.69) is 29.3 Å². The summed E-state index contributed by atoms with van der Waals surface area (Å²) < 4.78 is 0. The highest BCUT2D eigenvalue weighted by atomic mass is 35.5. The molecule has 0 amide bonds. The van der Waals surface area contributed by atoms with Crippen LogP contribution in [0.15, 0.2) is 12.1 Å². The maximum absolute atomic E-state index is 5.64. The second kappa shape index (κ2) is 4.38. The second-order valence-corrected chi connectivity index (χ2v) is 5.58. The molecule has 0 aromatic carbocycles. The Balaban J connectivity index is 2.24. The summed E-state index contributed by atoms with van der Waals surface area (Å²) in [6, 6.07) is 4.19. The zero-order valence-electron chi connectivity index (χ0n) is 7.66. The maximum atomic E-state index is 5.64. The van der Waals surface area contributed by atoms with Gasteiger partial charge in [0, 0.05) is 17.2 Å². The largest absolute Gasteiger partial charge is 0.157 e. The van der Waals surface area contributed by atoms with E-state index in [1.807, 2.05) is 0 Å². The number of halogens is 1. The van der Waals surface area contributed by atoms with Gasteiger partial charge in [-0.15, -0.1) is 33.1 Å². The van der Waals surface area contributed by atoms with Gasteiger partial charge in [-0.2, -0.15) is 0 Å². The number of alkyl halides is 1. The maximum Gasteiger partial charge on any atom is 0.157 e. The van der Waals surface area contributed by atoms with E-state index in [1.165, 1.54) is 9.75 Å². The number of hydrogen-bond acceptors (Lipinski definition) is 4. The fourth-order valence-electron chi connectivity index (χ4n) is 1.08. The molecule has 0 aliphatic heterocycles. The summed E-state index contributed by atoms with van der Waals surface area (Å²) in [6.45, 7) is 2.09. The molecule has 5 heteroatoms. The van der Waals surface area contributed by atoms with Gasteiger partial charge in [0.2, 0.25) is 0 Å². The van der Waals surface area contributed by atoms with Gasteiger partial charge >= 0.3 is 0 Å². The molecule has 0 aliphatic carbocycles. The van der Waals surface area contributed by atoms with Gasteiger partial charge in [-0.05, 0) is 19.1 Å². The van der Waals surface area contributed by atoms with Gasteiger partial charge < -0.3 is 0 Å². The van der Waals surface area contributed by atoms with Crippen LogP contribution in [0.4, 0.5) is 0 Å². The molecule has 0 unspecified atom stereocenters. The molecule has 0 saturated heterocycles. The Hall–Kier alpha value is -0.450. The SMILES string of the molecule is Cc1ccc(-c2nnc(CCCl)s2)s1. The lowest BCUT2D eigenvalue weighted by molar-refractivity contribution is 0.991. The summed E-state index contributed by atoms with van der Waals surface area (Å²) in [7, 11) is 0. The molecule has 14 heavy (non-hydrogen) atoms. The van der Waals surface area contributed by atoms with Crippen molar-refractivity contribution < 1.29 is 0 Å². The molecule has 2 nitrogen and oxygen atoms in total. The monoisotopic (exact) mass is 244 g/mol. The van der Waals surface area contributed by atoms with Crippen molar-refractivity contribution in [3.8, 4) is 9.88 Å². The quantitative estimate of drug-likeness (QED) is 0.774. The van der Waals surface area contributed by atoms with E-state index in [1.54, 1.807) is 22.7 Å². The third-order valence-electron chi connectivity index (χ3n) is 1.73. The van der Waals surface area contributed by atoms with Crippen LogP contribution in [0, 0.1) is 6.92 Å². The fraction of sp³-hybridized carbons (Fsp3) is 0.333. The third-order valence-corrected chi connectivity index (χ3v) is 4.07. The van der Waals surface area contributed by atoms with Crippen molar-refractivity contribution in [1.82, 2.24) is 10.2 Å². The Morgan fingerprint density at radius 3 is 2.79 bits per heavy atom. The molecule has 0 spiro atoms. The van der Waals surface area contributed by atoms with Crippen LogP contribution >= 0.6 is 34.3 Å². The summed E-state index contributed by atoms with van der Waals surface area (Å²) in [5, 5.41) is 10.2. The minimum atomic E-state index is 0.609. The van der Waals surface area contributed by atoms with Crippen LogP contribution in [0.25, 0.3) is 9.88 Å². The van der Waals surface area contributed by atoms with Gasteiger partial charge in [0.1, 0.15) is 5.01 Å². The van der Waals surface area contributed by atoms with Crippen molar-refractivity contribution in [1.29, 1.82) is 0 Å². The summed E-state index contributed by atoms with van der Waals surface area (Å²) in [5.74, 6) is 0.609. The van der Waals surface area contributed by atoms with E-state index < -0.39 is 0 Å². The van der Waals surface area contributed by atoms with Gasteiger partial charge in [-0.3, -0.25) is 0 Å². The van der Waals surface area contributed by atoms with E-state index in [9.17, 15) is 0 Å². The Bertz CT molecular complexity index is 422. The average Bonchev–Trinajstić information content (AvgIpc) is 2.74. The van der Waals surface area contributed by atoms with Crippen molar-refractivity contribution in [2.24, 2.45) is 0 Å². The predicted molar refractivity (Wildman–Crippen MR) is 62.4 cm³/mol. The van der Waals surface area contributed by atoms with Crippen LogP contribution in [0.5, 0.6) is 0 Å². The molecule has 0 fully saturated rings. The van der Waals surface area contributed by atoms with E-state index in [-0.39, 0.29) is 0 Å². The molecule has 2 rings (SSSR count). The van der Waals surface area contributed by atoms with E-state index >= 15 is 0 Å². The summed E-state index contributed by atoms with van der Waals surface area (Å²) >= 11 is 9.01. The van der Waals surface area contributed by atoms with Crippen molar-refractivity contribution in [2.75, 3.05) is 5.88 Å². The van der Waals surface area contributed by atoms with E-state index in [4.69, 9.17) is 11.6 Å². The molecule has 0 saturated carbocycles. The molecule has 0 atom stereocenters. The first-order valence-corrected chi connectivity index (χ1v) is 6.41. The van der Waals surface area contributed by atoms with Crippen LogP contribution in [-0.4, -0.2) is 16.1 Å². The lowest BCUT2D eigenvalue weighted by atomic mass is 10.4. The predicted octanol–water partition coefficient (Wildman–Crippen LogP) is 3.36. The average molecular weight is 245 g/mol. The zero-order valence-corrected chi connectivity index (χ0v) is 10.0. The van der Waals surface area contributed by atoms with Gasteiger partial charge in [0.05, 0.1) is 4.88 Å². The van der Waals surface area contributed by atoms with Crippen molar-refractivity contribution in [3.63, 3.8) is 0 Å². The molecular weight excluding hydrogens is 236 g/mol. The normalized spacial score (nSPS) is 10.7. The van der Waals surface area contributed by atoms with Gasteiger partial charge in [0.15, 0.2) is 5.01 Å². The Labute approximate surface area is 95.6 Å². The first-order valence-electron chi connectivity index (χ1n) is 4.25. The third kappa shape index (κ3) is 2.13. The lowest BCUT2D eigenvalue weighted by Crippen LogP contribution is -1.82. The summed E-state index contributed by atoms with van der Waals surface area (Å²) in [4.78, 5) is 2.50. The summed E-state index contributed by atoms with van der Waals surface area (Å²) in [5.41, 5.74) is 0. The van der Waals surface area contributed by atoms with E-state index in [0.717, 1.165) is 16.4 Å². The summed E-state index contributed by atoms with van der Waals surface area (Å²) in [6.07, 6.45) is 0.809. The number of thiophene rings is 1. The fourth-order valence-corrected chi connectivity index (χ4v) is 3.13. The van der Waals surface area contributed by atoms with E-state index in [0.29, 0.717) is 5.88 Å². The van der Waals surface area contributed by atoms with Crippen LogP contribution in [0.1, 0.15) is 9.88 Å². The first-order chi connectivity index (χ1) is 6.79. The highest BCUT2D eigenvalue weighted by Crippen LogP contribution is 2.30. The lowest BCUT2D eigenvalue weighted by Gasteiger charge is -1.85. The minimum absolute atomic E-state index is 0.609. The van der Waals surface area contributed by atoms with Gasteiger partial charge in [-0.1, -0.05) is 11.3 Å². The van der Waals surface area contributed by atoms with Crippen LogP contribution < -0.4 is 0 Å². The van der Waals surface area contributed by atoms with Crippen LogP contribution in [0.2, 0.25) is 0 Å². The topological polar surface area (TPSA) is 25.8 Å². The standard InChI is InChI=1S/C9H9ClN2S2/c1-6-2-3-7(13-6)9-12-11-8(14-9)4-5-10/h2-3H,4-5H2,1H3. The molecule has 74 valence electrons. The number of nitrogens with zero attached hydrogens (tertiary/aromatic N) is 2. The number of rotatable bonds is 3. The first kappa shape index (κ1) is 10.1. The molecule has 0 bridgehead atoms. The number of aryl methyl sites for hydroxylation is 2.